The number of hydrogen-bond donors (Lipinski definition) is 1. The van der Waals surface area contributed by atoms with E-state index < -0.39 is 0 Å². The molecule has 116 valence electrons. The Bertz CT molecular complexity index is 843. The summed E-state index contributed by atoms with van der Waals surface area (Å²) in [4.78, 5) is 0. The van der Waals surface area contributed by atoms with Crippen molar-refractivity contribution in [2.75, 3.05) is 0 Å². The van der Waals surface area contributed by atoms with Gasteiger partial charge in [-0.05, 0) is 5.56 Å². The van der Waals surface area contributed by atoms with Crippen molar-refractivity contribution in [2.45, 2.75) is 0 Å². The third-order valence-electron chi connectivity index (χ3n) is 3.39. The van der Waals surface area contributed by atoms with E-state index in [0.717, 1.165) is 11.1 Å². The van der Waals surface area contributed by atoms with Crippen LogP contribution in [-0.2, 0) is 0 Å². The quantitative estimate of drug-likeness (QED) is 0.332. The van der Waals surface area contributed by atoms with Crippen LogP contribution < -0.4 is 16.1 Å². The summed E-state index contributed by atoms with van der Waals surface area (Å²) in [6.45, 7) is 0. The van der Waals surface area contributed by atoms with E-state index in [2.05, 4.69) is 46.6 Å². The monoisotopic (exact) mass is 327 g/mol. The highest BCUT2D eigenvalue weighted by Gasteiger charge is 2.02. The lowest BCUT2D eigenvalue weighted by Gasteiger charge is -2.04. The van der Waals surface area contributed by atoms with E-state index in [1.165, 1.54) is 10.4 Å². The SMILES string of the molecule is NC(=N/N=C/c1ccccc1)c1cccc([Si]c2ccccc2)c1. The van der Waals surface area contributed by atoms with Crippen LogP contribution in [0.1, 0.15) is 11.1 Å². The molecule has 0 spiro atoms. The maximum Gasteiger partial charge on any atom is 0.153 e. The topological polar surface area (TPSA) is 50.7 Å². The maximum absolute atomic E-state index is 6.06. The molecular weight excluding hydrogens is 310 g/mol. The van der Waals surface area contributed by atoms with Crippen molar-refractivity contribution >= 4 is 31.9 Å². The first-order valence-corrected chi connectivity index (χ1v) is 8.65. The number of hydrogen-bond acceptors (Lipinski definition) is 2. The molecule has 3 aromatic rings. The molecule has 3 nitrogen and oxygen atoms in total. The highest BCUT2D eigenvalue weighted by Crippen LogP contribution is 1.98. The molecule has 0 aliphatic rings. The summed E-state index contributed by atoms with van der Waals surface area (Å²) in [6.07, 6.45) is 1.70. The summed E-state index contributed by atoms with van der Waals surface area (Å²) in [5.74, 6) is 0.418. The van der Waals surface area contributed by atoms with Crippen molar-refractivity contribution in [1.82, 2.24) is 0 Å². The molecule has 0 saturated carbocycles. The summed E-state index contributed by atoms with van der Waals surface area (Å²) < 4.78 is 0. The predicted octanol–water partition coefficient (Wildman–Crippen LogP) is 2.08. The molecule has 2 N–H and O–H groups in total. The minimum absolute atomic E-state index is 0.418. The molecule has 4 heteroatoms. The molecule has 3 aromatic carbocycles. The van der Waals surface area contributed by atoms with Gasteiger partial charge in [0.25, 0.3) is 0 Å². The Balaban J connectivity index is 1.73. The van der Waals surface area contributed by atoms with Gasteiger partial charge in [-0.2, -0.15) is 5.10 Å². The van der Waals surface area contributed by atoms with Crippen molar-refractivity contribution in [1.29, 1.82) is 0 Å². The van der Waals surface area contributed by atoms with Crippen LogP contribution in [-0.4, -0.2) is 21.6 Å². The normalized spacial score (nSPS) is 11.8. The van der Waals surface area contributed by atoms with Gasteiger partial charge in [0.05, 0.1) is 6.21 Å². The summed E-state index contributed by atoms with van der Waals surface area (Å²) in [6, 6.07) is 28.4. The highest BCUT2D eigenvalue weighted by molar-refractivity contribution is 6.67. The van der Waals surface area contributed by atoms with Gasteiger partial charge in [-0.15, -0.1) is 5.10 Å². The van der Waals surface area contributed by atoms with E-state index in [1.807, 2.05) is 48.5 Å². The lowest BCUT2D eigenvalue weighted by Crippen LogP contribution is -2.28. The van der Waals surface area contributed by atoms with Crippen molar-refractivity contribution in [2.24, 2.45) is 15.9 Å². The fourth-order valence-corrected chi connectivity index (χ4v) is 3.30. The Kier molecular flexibility index (Phi) is 5.32. The zero-order chi connectivity index (χ0) is 16.6. The summed E-state index contributed by atoms with van der Waals surface area (Å²) in [5.41, 5.74) is 7.94. The summed E-state index contributed by atoms with van der Waals surface area (Å²) in [5, 5.41) is 10.7. The van der Waals surface area contributed by atoms with E-state index in [0.29, 0.717) is 15.4 Å². The molecule has 0 atom stereocenters. The molecule has 0 aromatic heterocycles. The summed E-state index contributed by atoms with van der Waals surface area (Å²) in [7, 11) is 0.597. The summed E-state index contributed by atoms with van der Waals surface area (Å²) >= 11 is 0. The first-order valence-electron chi connectivity index (χ1n) is 7.65. The Morgan fingerprint density at radius 3 is 2.21 bits per heavy atom. The molecule has 24 heavy (non-hydrogen) atoms. The van der Waals surface area contributed by atoms with Crippen molar-refractivity contribution in [3.63, 3.8) is 0 Å². The third kappa shape index (κ3) is 4.51. The smallest absolute Gasteiger partial charge is 0.153 e. The number of nitrogens with zero attached hydrogens (tertiary/aromatic N) is 2. The second-order valence-electron chi connectivity index (χ2n) is 5.21. The average Bonchev–Trinajstić information content (AvgIpc) is 2.64. The zero-order valence-corrected chi connectivity index (χ0v) is 14.1. The lowest BCUT2D eigenvalue weighted by molar-refractivity contribution is 1.23. The lowest BCUT2D eigenvalue weighted by atomic mass is 10.2. The van der Waals surface area contributed by atoms with E-state index >= 15 is 0 Å². The van der Waals surface area contributed by atoms with E-state index in [4.69, 9.17) is 5.73 Å². The van der Waals surface area contributed by atoms with E-state index in [-0.39, 0.29) is 0 Å². The minimum atomic E-state index is 0.418. The van der Waals surface area contributed by atoms with Gasteiger partial charge >= 0.3 is 0 Å². The van der Waals surface area contributed by atoms with Gasteiger partial charge in [0.2, 0.25) is 0 Å². The van der Waals surface area contributed by atoms with Crippen molar-refractivity contribution < 1.29 is 0 Å². The van der Waals surface area contributed by atoms with Crippen molar-refractivity contribution in [3.05, 3.63) is 96.1 Å². The molecule has 3 rings (SSSR count). The van der Waals surface area contributed by atoms with Crippen LogP contribution in [0, 0.1) is 0 Å². The minimum Gasteiger partial charge on any atom is -0.382 e. The van der Waals surface area contributed by atoms with Gasteiger partial charge in [-0.25, -0.2) is 0 Å². The molecule has 0 unspecified atom stereocenters. The predicted molar refractivity (Wildman–Crippen MR) is 103 cm³/mol. The Labute approximate surface area is 144 Å². The van der Waals surface area contributed by atoms with Gasteiger partial charge in [0.1, 0.15) is 9.52 Å². The third-order valence-corrected chi connectivity index (χ3v) is 4.61. The first kappa shape index (κ1) is 15.9. The fraction of sp³-hybridized carbons (Fsp3) is 0. The molecule has 0 heterocycles. The van der Waals surface area contributed by atoms with Gasteiger partial charge < -0.3 is 5.73 Å². The standard InChI is InChI=1S/C20H17N3Si/c21-20(23-22-15-16-8-3-1-4-9-16)17-10-7-13-19(14-17)24-18-11-5-2-6-12-18/h1-15H,(H2,21,23)/b22-15+. The number of amidine groups is 1. The zero-order valence-electron chi connectivity index (χ0n) is 13.1. The molecule has 0 saturated heterocycles. The van der Waals surface area contributed by atoms with Crippen molar-refractivity contribution in [3.8, 4) is 0 Å². The van der Waals surface area contributed by atoms with Crippen LogP contribution in [0.15, 0.2) is 95.1 Å². The van der Waals surface area contributed by atoms with E-state index in [9.17, 15) is 0 Å². The highest BCUT2D eigenvalue weighted by atomic mass is 28.2. The average molecular weight is 327 g/mol. The largest absolute Gasteiger partial charge is 0.382 e. The maximum atomic E-state index is 6.06. The second-order valence-corrected chi connectivity index (χ2v) is 6.62. The number of nitrogens with two attached hydrogens (primary N) is 1. The van der Waals surface area contributed by atoms with Gasteiger partial charge in [-0.3, -0.25) is 0 Å². The fourth-order valence-electron chi connectivity index (χ4n) is 2.20. The number of benzene rings is 3. The van der Waals surface area contributed by atoms with Gasteiger partial charge in [0, 0.05) is 5.56 Å². The molecule has 2 radical (unpaired) electrons. The van der Waals surface area contributed by atoms with Gasteiger partial charge in [0.15, 0.2) is 5.84 Å². The van der Waals surface area contributed by atoms with Crippen LogP contribution >= 0.6 is 0 Å². The van der Waals surface area contributed by atoms with E-state index in [1.54, 1.807) is 6.21 Å². The van der Waals surface area contributed by atoms with Crippen LogP contribution in [0.4, 0.5) is 0 Å². The molecule has 0 aliphatic heterocycles. The van der Waals surface area contributed by atoms with Gasteiger partial charge in [-0.1, -0.05) is 95.3 Å². The Morgan fingerprint density at radius 1 is 0.792 bits per heavy atom. The molecule has 0 aliphatic carbocycles. The molecule has 0 fully saturated rings. The second kappa shape index (κ2) is 8.03. The van der Waals surface area contributed by atoms with Crippen LogP contribution in [0.25, 0.3) is 0 Å². The molecule has 0 amide bonds. The van der Waals surface area contributed by atoms with Crippen LogP contribution in [0.2, 0.25) is 0 Å². The van der Waals surface area contributed by atoms with Crippen LogP contribution in [0.3, 0.4) is 0 Å². The van der Waals surface area contributed by atoms with Crippen LogP contribution in [0.5, 0.6) is 0 Å². The number of rotatable bonds is 5. The Hall–Kier alpha value is -2.98. The molecule has 0 bridgehead atoms. The first-order chi connectivity index (χ1) is 11.8. The Morgan fingerprint density at radius 2 is 1.46 bits per heavy atom. The molecular formula is C20H17N3Si.